The summed E-state index contributed by atoms with van der Waals surface area (Å²) in [4.78, 5) is 4.22. The molecule has 5 nitrogen and oxygen atoms in total. The molecule has 0 amide bonds. The van der Waals surface area contributed by atoms with Crippen LogP contribution in [0.15, 0.2) is 66.9 Å². The SMILES string of the molecule is O=S(=O)(Nc1ccccc1)Nc1cccc2cccnc12. The molecular formula is C15H13N3O2S. The highest BCUT2D eigenvalue weighted by Crippen LogP contribution is 2.22. The monoisotopic (exact) mass is 299 g/mol. The van der Waals surface area contributed by atoms with Crippen molar-refractivity contribution in [2.24, 2.45) is 0 Å². The molecule has 6 heteroatoms. The van der Waals surface area contributed by atoms with Crippen LogP contribution < -0.4 is 9.44 Å². The van der Waals surface area contributed by atoms with Crippen LogP contribution in [0.2, 0.25) is 0 Å². The molecule has 3 aromatic rings. The molecule has 2 N–H and O–H groups in total. The zero-order chi connectivity index (χ0) is 14.7. The van der Waals surface area contributed by atoms with E-state index in [1.807, 2.05) is 24.3 Å². The Morgan fingerprint density at radius 1 is 0.810 bits per heavy atom. The van der Waals surface area contributed by atoms with Gasteiger partial charge in [0.25, 0.3) is 0 Å². The van der Waals surface area contributed by atoms with Crippen molar-refractivity contribution >= 4 is 32.5 Å². The molecule has 106 valence electrons. The first-order valence-corrected chi connectivity index (χ1v) is 7.82. The van der Waals surface area contributed by atoms with Crippen molar-refractivity contribution in [3.05, 3.63) is 66.9 Å². The highest BCUT2D eigenvalue weighted by atomic mass is 32.2. The minimum absolute atomic E-state index is 0.441. The number of pyridine rings is 1. The van der Waals surface area contributed by atoms with Gasteiger partial charge in [0.2, 0.25) is 0 Å². The van der Waals surface area contributed by atoms with Gasteiger partial charge in [0.1, 0.15) is 0 Å². The fourth-order valence-electron chi connectivity index (χ4n) is 2.02. The Morgan fingerprint density at radius 3 is 2.38 bits per heavy atom. The summed E-state index contributed by atoms with van der Waals surface area (Å²) < 4.78 is 29.3. The Bertz CT molecular complexity index is 859. The molecule has 1 aromatic heterocycles. The van der Waals surface area contributed by atoms with Crippen LogP contribution in [0.3, 0.4) is 0 Å². The second-order valence-electron chi connectivity index (χ2n) is 4.45. The van der Waals surface area contributed by atoms with E-state index in [0.29, 0.717) is 16.9 Å². The molecule has 3 rings (SSSR count). The lowest BCUT2D eigenvalue weighted by Gasteiger charge is -2.11. The van der Waals surface area contributed by atoms with E-state index in [2.05, 4.69) is 14.4 Å². The number of para-hydroxylation sites is 2. The van der Waals surface area contributed by atoms with E-state index < -0.39 is 10.2 Å². The number of anilines is 2. The standard InChI is InChI=1S/C15H13N3O2S/c19-21(20,17-13-8-2-1-3-9-13)18-14-10-4-6-12-7-5-11-16-15(12)14/h1-11,17-18H. The number of aromatic nitrogens is 1. The first-order chi connectivity index (χ1) is 10.1. The van der Waals surface area contributed by atoms with Crippen molar-refractivity contribution in [3.63, 3.8) is 0 Å². The predicted molar refractivity (Wildman–Crippen MR) is 84.4 cm³/mol. The number of rotatable bonds is 4. The number of hydrogen-bond donors (Lipinski definition) is 2. The van der Waals surface area contributed by atoms with E-state index in [4.69, 9.17) is 0 Å². The van der Waals surface area contributed by atoms with Crippen LogP contribution in [0.25, 0.3) is 10.9 Å². The summed E-state index contributed by atoms with van der Waals surface area (Å²) >= 11 is 0. The number of hydrogen-bond acceptors (Lipinski definition) is 3. The molecule has 0 aliphatic rings. The van der Waals surface area contributed by atoms with E-state index in [1.54, 1.807) is 42.6 Å². The van der Waals surface area contributed by atoms with Gasteiger partial charge >= 0.3 is 10.2 Å². The predicted octanol–water partition coefficient (Wildman–Crippen LogP) is 3.00. The lowest BCUT2D eigenvalue weighted by atomic mass is 10.2. The number of nitrogens with one attached hydrogen (secondary N) is 2. The molecule has 0 aliphatic carbocycles. The second kappa shape index (κ2) is 5.41. The van der Waals surface area contributed by atoms with Crippen LogP contribution >= 0.6 is 0 Å². The lowest BCUT2D eigenvalue weighted by molar-refractivity contribution is 0.606. The summed E-state index contributed by atoms with van der Waals surface area (Å²) in [7, 11) is -3.72. The van der Waals surface area contributed by atoms with Crippen molar-refractivity contribution in [1.29, 1.82) is 0 Å². The van der Waals surface area contributed by atoms with Crippen molar-refractivity contribution in [2.75, 3.05) is 9.44 Å². The molecule has 0 unspecified atom stereocenters. The maximum Gasteiger partial charge on any atom is 0.321 e. The Kier molecular flexibility index (Phi) is 3.45. The fraction of sp³-hybridized carbons (Fsp3) is 0. The van der Waals surface area contributed by atoms with Gasteiger partial charge in [-0.3, -0.25) is 14.4 Å². The van der Waals surface area contributed by atoms with Gasteiger partial charge in [-0.25, -0.2) is 0 Å². The Labute approximate surface area is 122 Å². The molecule has 0 aliphatic heterocycles. The van der Waals surface area contributed by atoms with Gasteiger partial charge in [0, 0.05) is 11.6 Å². The highest BCUT2D eigenvalue weighted by molar-refractivity contribution is 7.94. The van der Waals surface area contributed by atoms with Crippen molar-refractivity contribution in [2.45, 2.75) is 0 Å². The molecule has 0 saturated carbocycles. The largest absolute Gasteiger partial charge is 0.321 e. The van der Waals surface area contributed by atoms with Gasteiger partial charge in [-0.15, -0.1) is 0 Å². The number of nitrogens with zero attached hydrogens (tertiary/aromatic N) is 1. The number of benzene rings is 2. The van der Waals surface area contributed by atoms with Crippen LogP contribution in [0.5, 0.6) is 0 Å². The van der Waals surface area contributed by atoms with Gasteiger partial charge in [-0.05, 0) is 24.3 Å². The third kappa shape index (κ3) is 3.11. The van der Waals surface area contributed by atoms with Crippen LogP contribution in [-0.4, -0.2) is 13.4 Å². The van der Waals surface area contributed by atoms with Crippen LogP contribution in [0.1, 0.15) is 0 Å². The first kappa shape index (κ1) is 13.4. The van der Waals surface area contributed by atoms with Crippen LogP contribution in [-0.2, 0) is 10.2 Å². The Hall–Kier alpha value is -2.60. The fourth-order valence-corrected chi connectivity index (χ4v) is 2.97. The Balaban J connectivity index is 1.91. The second-order valence-corrected chi connectivity index (χ2v) is 5.87. The quantitative estimate of drug-likeness (QED) is 0.778. The minimum Gasteiger partial charge on any atom is -0.267 e. The molecule has 2 aromatic carbocycles. The minimum atomic E-state index is -3.72. The van der Waals surface area contributed by atoms with E-state index >= 15 is 0 Å². The smallest absolute Gasteiger partial charge is 0.267 e. The van der Waals surface area contributed by atoms with Gasteiger partial charge in [0.05, 0.1) is 16.9 Å². The first-order valence-electron chi connectivity index (χ1n) is 6.33. The third-order valence-electron chi connectivity index (χ3n) is 2.90. The van der Waals surface area contributed by atoms with Crippen molar-refractivity contribution in [1.82, 2.24) is 4.98 Å². The summed E-state index contributed by atoms with van der Waals surface area (Å²) in [5, 5.41) is 0.873. The van der Waals surface area contributed by atoms with Crippen molar-refractivity contribution < 1.29 is 8.42 Å². The molecule has 0 fully saturated rings. The zero-order valence-electron chi connectivity index (χ0n) is 11.0. The van der Waals surface area contributed by atoms with Gasteiger partial charge in [-0.1, -0.05) is 36.4 Å². The molecule has 0 bridgehead atoms. The van der Waals surface area contributed by atoms with E-state index in [0.717, 1.165) is 5.39 Å². The maximum atomic E-state index is 12.2. The van der Waals surface area contributed by atoms with Gasteiger partial charge in [-0.2, -0.15) is 8.42 Å². The highest BCUT2D eigenvalue weighted by Gasteiger charge is 2.12. The van der Waals surface area contributed by atoms with E-state index in [9.17, 15) is 8.42 Å². The average molecular weight is 299 g/mol. The topological polar surface area (TPSA) is 71.1 Å². The molecule has 0 radical (unpaired) electrons. The van der Waals surface area contributed by atoms with Gasteiger partial charge < -0.3 is 0 Å². The third-order valence-corrected chi connectivity index (χ3v) is 3.90. The van der Waals surface area contributed by atoms with Crippen molar-refractivity contribution in [3.8, 4) is 0 Å². The summed E-state index contributed by atoms with van der Waals surface area (Å²) in [5.74, 6) is 0. The van der Waals surface area contributed by atoms with Crippen LogP contribution in [0, 0.1) is 0 Å². The van der Waals surface area contributed by atoms with Crippen LogP contribution in [0.4, 0.5) is 11.4 Å². The molecule has 1 heterocycles. The summed E-state index contributed by atoms with van der Waals surface area (Å²) in [6, 6.07) is 17.7. The molecule has 0 spiro atoms. The molecular weight excluding hydrogens is 286 g/mol. The zero-order valence-corrected chi connectivity index (χ0v) is 11.8. The molecule has 0 saturated heterocycles. The average Bonchev–Trinajstić information content (AvgIpc) is 2.48. The summed E-state index contributed by atoms with van der Waals surface area (Å²) in [6.45, 7) is 0. The molecule has 0 atom stereocenters. The number of fused-ring (bicyclic) bond motifs is 1. The normalized spacial score (nSPS) is 11.2. The molecule has 21 heavy (non-hydrogen) atoms. The summed E-state index contributed by atoms with van der Waals surface area (Å²) in [5.41, 5.74) is 1.55. The van der Waals surface area contributed by atoms with Gasteiger partial charge in [0.15, 0.2) is 0 Å². The lowest BCUT2D eigenvalue weighted by Crippen LogP contribution is -2.21. The Morgan fingerprint density at radius 2 is 1.57 bits per heavy atom. The summed E-state index contributed by atoms with van der Waals surface area (Å²) in [6.07, 6.45) is 1.63. The maximum absolute atomic E-state index is 12.2. The van der Waals surface area contributed by atoms with E-state index in [-0.39, 0.29) is 0 Å². The van der Waals surface area contributed by atoms with E-state index in [1.165, 1.54) is 0 Å².